The van der Waals surface area contributed by atoms with Crippen LogP contribution in [0.1, 0.15) is 16.1 Å². The first-order valence-electron chi connectivity index (χ1n) is 7.97. The van der Waals surface area contributed by atoms with Crippen molar-refractivity contribution < 1.29 is 19.1 Å². The van der Waals surface area contributed by atoms with Crippen molar-refractivity contribution in [3.8, 4) is 11.3 Å². The van der Waals surface area contributed by atoms with E-state index in [1.165, 1.54) is 43.3 Å². The molecule has 148 valence electrons. The predicted molar refractivity (Wildman–Crippen MR) is 107 cm³/mol. The van der Waals surface area contributed by atoms with Gasteiger partial charge in [-0.15, -0.1) is 0 Å². The van der Waals surface area contributed by atoms with E-state index in [0.29, 0.717) is 0 Å². The Morgan fingerprint density at radius 1 is 1.03 bits per heavy atom. The molecule has 0 aliphatic carbocycles. The van der Waals surface area contributed by atoms with Gasteiger partial charge < -0.3 is 9.73 Å². The number of carbonyl (C=O) groups is 1. The quantitative estimate of drug-likeness (QED) is 0.408. The predicted octanol–water partition coefficient (Wildman–Crippen LogP) is 5.63. The van der Waals surface area contributed by atoms with Crippen LogP contribution in [-0.2, 0) is 0 Å². The van der Waals surface area contributed by atoms with Crippen molar-refractivity contribution in [2.45, 2.75) is 6.92 Å². The van der Waals surface area contributed by atoms with E-state index < -0.39 is 15.8 Å². The fraction of sp³-hybridized carbons (Fsp3) is 0.0556. The van der Waals surface area contributed by atoms with Gasteiger partial charge in [-0.1, -0.05) is 23.2 Å². The number of halogens is 2. The average molecular weight is 436 g/mol. The molecule has 0 spiro atoms. The largest absolute Gasteiger partial charge is 0.460 e. The molecule has 0 unspecified atom stereocenters. The van der Waals surface area contributed by atoms with E-state index in [-0.39, 0.29) is 49.8 Å². The Hall–Kier alpha value is -3.43. The summed E-state index contributed by atoms with van der Waals surface area (Å²) in [5, 5.41) is 24.8. The highest BCUT2D eigenvalue weighted by molar-refractivity contribution is 6.34. The van der Waals surface area contributed by atoms with Crippen molar-refractivity contribution in [1.82, 2.24) is 0 Å². The molecule has 0 bridgehead atoms. The third kappa shape index (κ3) is 4.20. The minimum Gasteiger partial charge on any atom is -0.460 e. The average Bonchev–Trinajstić information content (AvgIpc) is 3.04. The summed E-state index contributed by atoms with van der Waals surface area (Å²) in [5.41, 5.74) is -0.0306. The maximum atomic E-state index is 12.6. The summed E-state index contributed by atoms with van der Waals surface area (Å²) < 4.78 is 5.54. The summed E-state index contributed by atoms with van der Waals surface area (Å²) in [6.45, 7) is 1.53. The highest BCUT2D eigenvalue weighted by Gasteiger charge is 2.23. The molecule has 0 radical (unpaired) electrons. The van der Waals surface area contributed by atoms with Crippen LogP contribution in [0.25, 0.3) is 11.3 Å². The third-order valence-corrected chi connectivity index (χ3v) is 4.54. The number of aryl methyl sites for hydroxylation is 1. The number of nitro groups is 2. The number of carbonyl (C=O) groups excluding carboxylic acids is 1. The van der Waals surface area contributed by atoms with E-state index in [4.69, 9.17) is 27.6 Å². The Kier molecular flexibility index (Phi) is 5.53. The fourth-order valence-electron chi connectivity index (χ4n) is 2.61. The van der Waals surface area contributed by atoms with Gasteiger partial charge in [-0.2, -0.15) is 0 Å². The molecule has 0 saturated carbocycles. The molecule has 3 rings (SSSR count). The molecule has 1 aromatic heterocycles. The molecular weight excluding hydrogens is 425 g/mol. The Morgan fingerprint density at radius 3 is 2.38 bits per heavy atom. The van der Waals surface area contributed by atoms with Crippen LogP contribution >= 0.6 is 23.2 Å². The molecule has 2 aromatic carbocycles. The molecule has 1 heterocycles. The van der Waals surface area contributed by atoms with Crippen LogP contribution in [0.15, 0.2) is 46.9 Å². The number of rotatable bonds is 5. The molecule has 3 aromatic rings. The van der Waals surface area contributed by atoms with Crippen LogP contribution in [-0.4, -0.2) is 15.8 Å². The number of hydrogen-bond donors (Lipinski definition) is 1. The number of anilines is 1. The van der Waals surface area contributed by atoms with E-state index in [9.17, 15) is 25.0 Å². The summed E-state index contributed by atoms with van der Waals surface area (Å²) in [5.74, 6) is -0.254. The Balaban J connectivity index is 1.92. The van der Waals surface area contributed by atoms with Crippen LogP contribution in [0.2, 0.25) is 10.0 Å². The van der Waals surface area contributed by atoms with Crippen LogP contribution in [0.3, 0.4) is 0 Å². The van der Waals surface area contributed by atoms with Gasteiger partial charge in [0.25, 0.3) is 17.3 Å². The molecule has 0 aliphatic rings. The molecule has 0 saturated heterocycles. The van der Waals surface area contributed by atoms with Crippen molar-refractivity contribution in [1.29, 1.82) is 0 Å². The maximum absolute atomic E-state index is 12.6. The van der Waals surface area contributed by atoms with Gasteiger partial charge in [0.05, 0.1) is 31.7 Å². The zero-order chi connectivity index (χ0) is 21.3. The molecular formula is C18H11Cl2N3O6. The lowest BCUT2D eigenvalue weighted by Crippen LogP contribution is -2.12. The topological polar surface area (TPSA) is 129 Å². The normalized spacial score (nSPS) is 10.6. The van der Waals surface area contributed by atoms with Crippen LogP contribution in [0.4, 0.5) is 17.1 Å². The van der Waals surface area contributed by atoms with Gasteiger partial charge in [-0.3, -0.25) is 25.0 Å². The minimum absolute atomic E-state index is 0.0118. The number of furan rings is 1. The number of nitrogens with one attached hydrogen (secondary N) is 1. The van der Waals surface area contributed by atoms with Gasteiger partial charge in [-0.05, 0) is 31.2 Å². The van der Waals surface area contributed by atoms with Gasteiger partial charge in [-0.25, -0.2) is 0 Å². The number of hydrogen-bond acceptors (Lipinski definition) is 6. The van der Waals surface area contributed by atoms with E-state index >= 15 is 0 Å². The maximum Gasteiger partial charge on any atom is 0.281 e. The van der Waals surface area contributed by atoms with E-state index in [1.807, 2.05) is 0 Å². The Labute approximate surface area is 173 Å². The van der Waals surface area contributed by atoms with Gasteiger partial charge >= 0.3 is 0 Å². The van der Waals surface area contributed by atoms with Gasteiger partial charge in [0.2, 0.25) is 0 Å². The molecule has 0 atom stereocenters. The number of nitro benzene ring substituents is 2. The molecule has 0 aliphatic heterocycles. The van der Waals surface area contributed by atoms with Gasteiger partial charge in [0.1, 0.15) is 11.5 Å². The van der Waals surface area contributed by atoms with Crippen molar-refractivity contribution in [3.63, 3.8) is 0 Å². The van der Waals surface area contributed by atoms with E-state index in [0.717, 1.165) is 6.07 Å². The molecule has 9 nitrogen and oxygen atoms in total. The molecule has 1 N–H and O–H groups in total. The number of nitrogens with zero attached hydrogens (tertiary/aromatic N) is 2. The number of benzene rings is 2. The summed E-state index contributed by atoms with van der Waals surface area (Å²) in [7, 11) is 0. The number of amides is 1. The summed E-state index contributed by atoms with van der Waals surface area (Å²) in [6, 6.07) is 9.06. The highest BCUT2D eigenvalue weighted by atomic mass is 35.5. The first-order valence-corrected chi connectivity index (χ1v) is 8.73. The van der Waals surface area contributed by atoms with E-state index in [1.54, 1.807) is 0 Å². The SMILES string of the molecule is Cc1oc(-c2ccc(Cl)cc2[N+](=O)[O-])cc1C(=O)Nc1ccc([N+](=O)[O-])cc1Cl. The second-order valence-corrected chi connectivity index (χ2v) is 6.72. The monoisotopic (exact) mass is 435 g/mol. The fourth-order valence-corrected chi connectivity index (χ4v) is 3.00. The molecule has 29 heavy (non-hydrogen) atoms. The highest BCUT2D eigenvalue weighted by Crippen LogP contribution is 2.35. The summed E-state index contributed by atoms with van der Waals surface area (Å²) in [6.07, 6.45) is 0. The molecule has 11 heteroatoms. The third-order valence-electron chi connectivity index (χ3n) is 4.00. The Bertz CT molecular complexity index is 1160. The zero-order valence-corrected chi connectivity index (χ0v) is 16.2. The lowest BCUT2D eigenvalue weighted by atomic mass is 10.1. The second-order valence-electron chi connectivity index (χ2n) is 5.87. The van der Waals surface area contributed by atoms with Crippen molar-refractivity contribution in [2.75, 3.05) is 5.32 Å². The zero-order valence-electron chi connectivity index (χ0n) is 14.6. The van der Waals surface area contributed by atoms with E-state index in [2.05, 4.69) is 5.32 Å². The lowest BCUT2D eigenvalue weighted by Gasteiger charge is -2.06. The Morgan fingerprint density at radius 2 is 1.76 bits per heavy atom. The second kappa shape index (κ2) is 7.90. The van der Waals surface area contributed by atoms with Crippen LogP contribution < -0.4 is 5.32 Å². The van der Waals surface area contributed by atoms with Crippen LogP contribution in [0, 0.1) is 27.2 Å². The van der Waals surface area contributed by atoms with Crippen molar-refractivity contribution in [2.24, 2.45) is 0 Å². The van der Waals surface area contributed by atoms with Gasteiger partial charge in [0.15, 0.2) is 0 Å². The summed E-state index contributed by atoms with van der Waals surface area (Å²) in [4.78, 5) is 33.5. The number of non-ortho nitro benzene ring substituents is 1. The van der Waals surface area contributed by atoms with Gasteiger partial charge in [0, 0.05) is 23.2 Å². The molecule has 1 amide bonds. The van der Waals surface area contributed by atoms with Crippen LogP contribution in [0.5, 0.6) is 0 Å². The first-order chi connectivity index (χ1) is 13.7. The smallest absolute Gasteiger partial charge is 0.281 e. The molecule has 0 fully saturated rings. The summed E-state index contributed by atoms with van der Waals surface area (Å²) >= 11 is 11.8. The minimum atomic E-state index is -0.608. The standard InChI is InChI=1S/C18H11Cl2N3O6/c1-9-13(18(24)21-15-5-3-11(22(25)26)7-14(15)20)8-17(29-9)12-4-2-10(19)6-16(12)23(27)28/h2-8H,1H3,(H,21,24). The lowest BCUT2D eigenvalue weighted by molar-refractivity contribution is -0.384. The van der Waals surface area contributed by atoms with Crippen molar-refractivity contribution >= 4 is 46.2 Å². The van der Waals surface area contributed by atoms with Crippen molar-refractivity contribution in [3.05, 3.63) is 84.1 Å². The first kappa shape index (κ1) is 20.3.